The molecule has 2 N–H and O–H groups in total. The summed E-state index contributed by atoms with van der Waals surface area (Å²) in [5.41, 5.74) is 2.78. The highest BCUT2D eigenvalue weighted by atomic mass is 16.5. The van der Waals surface area contributed by atoms with Gasteiger partial charge in [-0.3, -0.25) is 9.36 Å². The van der Waals surface area contributed by atoms with Crippen LogP contribution in [0.5, 0.6) is 0 Å². The van der Waals surface area contributed by atoms with Crippen molar-refractivity contribution >= 4 is 34.2 Å². The van der Waals surface area contributed by atoms with Crippen molar-refractivity contribution in [1.82, 2.24) is 19.5 Å². The van der Waals surface area contributed by atoms with Crippen LogP contribution in [0.2, 0.25) is 0 Å². The zero-order valence-electron chi connectivity index (χ0n) is 19.6. The van der Waals surface area contributed by atoms with Gasteiger partial charge in [0.25, 0.3) is 5.56 Å². The Balaban J connectivity index is 1.45. The molecule has 178 valence electrons. The van der Waals surface area contributed by atoms with Gasteiger partial charge in [0.15, 0.2) is 0 Å². The van der Waals surface area contributed by atoms with Crippen molar-refractivity contribution in [2.45, 2.75) is 51.7 Å². The summed E-state index contributed by atoms with van der Waals surface area (Å²) in [4.78, 5) is 29.3. The SMILES string of the molecule is C=C(OCC)c1c(C)c2cnc(Nc3ccc(N4CCC(O)CC4)cn3)nc2n(C2CC2)c1=O. The first-order valence-electron chi connectivity index (χ1n) is 11.9. The molecule has 0 atom stereocenters. The fourth-order valence-electron chi connectivity index (χ4n) is 4.52. The minimum atomic E-state index is -0.208. The normalized spacial score (nSPS) is 16.6. The van der Waals surface area contributed by atoms with Crippen LogP contribution in [0.3, 0.4) is 0 Å². The second-order valence-corrected chi connectivity index (χ2v) is 8.94. The van der Waals surface area contributed by atoms with Crippen LogP contribution in [0.25, 0.3) is 16.8 Å². The number of piperidine rings is 1. The van der Waals surface area contributed by atoms with Gasteiger partial charge in [-0.25, -0.2) is 9.97 Å². The average Bonchev–Trinajstić information content (AvgIpc) is 3.66. The summed E-state index contributed by atoms with van der Waals surface area (Å²) in [5, 5.41) is 13.7. The van der Waals surface area contributed by atoms with Crippen LogP contribution >= 0.6 is 0 Å². The van der Waals surface area contributed by atoms with Gasteiger partial charge in [0.1, 0.15) is 17.2 Å². The number of pyridine rings is 2. The number of nitrogens with zero attached hydrogens (tertiary/aromatic N) is 5. The van der Waals surface area contributed by atoms with Crippen molar-refractivity contribution in [3.05, 3.63) is 52.6 Å². The van der Waals surface area contributed by atoms with E-state index in [-0.39, 0.29) is 17.7 Å². The van der Waals surface area contributed by atoms with E-state index in [0.717, 1.165) is 55.4 Å². The summed E-state index contributed by atoms with van der Waals surface area (Å²) < 4.78 is 7.33. The molecule has 2 fully saturated rings. The first-order valence-corrected chi connectivity index (χ1v) is 11.9. The Morgan fingerprint density at radius 3 is 2.62 bits per heavy atom. The van der Waals surface area contributed by atoms with E-state index in [4.69, 9.17) is 9.72 Å². The minimum absolute atomic E-state index is 0.121. The number of hydrogen-bond donors (Lipinski definition) is 2. The number of hydrogen-bond acceptors (Lipinski definition) is 8. The van der Waals surface area contributed by atoms with Crippen LogP contribution in [0, 0.1) is 6.92 Å². The largest absolute Gasteiger partial charge is 0.494 e. The van der Waals surface area contributed by atoms with Crippen LogP contribution in [0.1, 0.15) is 49.8 Å². The van der Waals surface area contributed by atoms with Gasteiger partial charge in [-0.05, 0) is 57.2 Å². The zero-order chi connectivity index (χ0) is 23.8. The van der Waals surface area contributed by atoms with Crippen LogP contribution in [0.15, 0.2) is 35.9 Å². The average molecular weight is 463 g/mol. The molecule has 3 aromatic rings. The van der Waals surface area contributed by atoms with Gasteiger partial charge in [0.2, 0.25) is 5.95 Å². The standard InChI is InChI=1S/C25H30N6O3/c1-4-34-16(3)22-15(2)20-14-27-25(29-23(20)31(24(22)33)17-5-6-17)28-21-8-7-18(13-26-21)30-11-9-19(32)10-12-30/h7-8,13-14,17,19,32H,3-6,9-12H2,1-2H3,(H,26,27,28,29). The minimum Gasteiger partial charge on any atom is -0.494 e. The van der Waals surface area contributed by atoms with Crippen molar-refractivity contribution in [3.63, 3.8) is 0 Å². The molecule has 1 saturated carbocycles. The Morgan fingerprint density at radius 1 is 1.21 bits per heavy atom. The lowest BCUT2D eigenvalue weighted by molar-refractivity contribution is 0.145. The van der Waals surface area contributed by atoms with E-state index in [9.17, 15) is 9.90 Å². The summed E-state index contributed by atoms with van der Waals surface area (Å²) in [6, 6.07) is 4.03. The van der Waals surface area contributed by atoms with Gasteiger partial charge in [0, 0.05) is 30.7 Å². The maximum absolute atomic E-state index is 13.4. The third-order valence-electron chi connectivity index (χ3n) is 6.54. The van der Waals surface area contributed by atoms with Crippen LogP contribution in [-0.2, 0) is 4.74 Å². The highest BCUT2D eigenvalue weighted by Crippen LogP contribution is 2.37. The molecule has 1 aliphatic heterocycles. The number of ether oxygens (including phenoxy) is 1. The van der Waals surface area contributed by atoms with E-state index in [1.54, 1.807) is 10.8 Å². The lowest BCUT2D eigenvalue weighted by atomic mass is 10.1. The Morgan fingerprint density at radius 2 is 1.97 bits per heavy atom. The summed E-state index contributed by atoms with van der Waals surface area (Å²) >= 11 is 0. The van der Waals surface area contributed by atoms with Crippen molar-refractivity contribution in [2.24, 2.45) is 0 Å². The van der Waals surface area contributed by atoms with Gasteiger partial charge in [-0.2, -0.15) is 4.98 Å². The Hall–Kier alpha value is -3.46. The van der Waals surface area contributed by atoms with Gasteiger partial charge < -0.3 is 20.1 Å². The predicted octanol–water partition coefficient (Wildman–Crippen LogP) is 3.54. The smallest absolute Gasteiger partial charge is 0.263 e. The Kier molecular flexibility index (Phi) is 5.95. The number of nitrogens with one attached hydrogen (secondary N) is 1. The number of aryl methyl sites for hydroxylation is 1. The van der Waals surface area contributed by atoms with Gasteiger partial charge in [0.05, 0.1) is 30.2 Å². The predicted molar refractivity (Wildman–Crippen MR) is 132 cm³/mol. The summed E-state index contributed by atoms with van der Waals surface area (Å²) in [7, 11) is 0. The quantitative estimate of drug-likeness (QED) is 0.514. The van der Waals surface area contributed by atoms with Crippen molar-refractivity contribution < 1.29 is 9.84 Å². The number of rotatable bonds is 7. The second-order valence-electron chi connectivity index (χ2n) is 8.94. The Labute approximate surface area is 198 Å². The van der Waals surface area contributed by atoms with Gasteiger partial charge in [-0.1, -0.05) is 6.58 Å². The third-order valence-corrected chi connectivity index (χ3v) is 6.54. The van der Waals surface area contributed by atoms with E-state index in [0.29, 0.717) is 35.3 Å². The number of aliphatic hydroxyl groups is 1. The molecule has 2 aliphatic rings. The maximum atomic E-state index is 13.4. The van der Waals surface area contributed by atoms with Crippen LogP contribution in [-0.4, -0.2) is 50.4 Å². The molecular formula is C25H30N6O3. The van der Waals surface area contributed by atoms with E-state index in [2.05, 4.69) is 26.8 Å². The summed E-state index contributed by atoms with van der Waals surface area (Å²) in [6.07, 6.45) is 6.79. The fourth-order valence-corrected chi connectivity index (χ4v) is 4.52. The molecule has 9 nitrogen and oxygen atoms in total. The maximum Gasteiger partial charge on any atom is 0.263 e. The topological polar surface area (TPSA) is 105 Å². The molecular weight excluding hydrogens is 432 g/mol. The highest BCUT2D eigenvalue weighted by molar-refractivity contribution is 5.84. The van der Waals surface area contributed by atoms with Crippen molar-refractivity contribution in [3.8, 4) is 0 Å². The molecule has 9 heteroatoms. The first-order chi connectivity index (χ1) is 16.5. The number of anilines is 3. The fraction of sp³-hybridized carbons (Fsp3) is 0.440. The molecule has 0 amide bonds. The molecule has 1 aliphatic carbocycles. The lowest BCUT2D eigenvalue weighted by Crippen LogP contribution is -2.35. The van der Waals surface area contributed by atoms with Crippen molar-refractivity contribution in [2.75, 3.05) is 29.9 Å². The summed E-state index contributed by atoms with van der Waals surface area (Å²) in [5.74, 6) is 1.40. The van der Waals surface area contributed by atoms with E-state index in [1.165, 1.54) is 0 Å². The molecule has 4 heterocycles. The van der Waals surface area contributed by atoms with E-state index < -0.39 is 0 Å². The number of aliphatic hydroxyl groups excluding tert-OH is 1. The third kappa shape index (κ3) is 4.23. The first kappa shape index (κ1) is 22.3. The molecule has 0 unspecified atom stereocenters. The molecule has 0 bridgehead atoms. The zero-order valence-corrected chi connectivity index (χ0v) is 19.6. The molecule has 5 rings (SSSR count). The molecule has 0 aromatic carbocycles. The monoisotopic (exact) mass is 462 g/mol. The molecule has 0 spiro atoms. The number of aromatic nitrogens is 4. The summed E-state index contributed by atoms with van der Waals surface area (Å²) in [6.45, 7) is 9.82. The van der Waals surface area contributed by atoms with Crippen molar-refractivity contribution in [1.29, 1.82) is 0 Å². The van der Waals surface area contributed by atoms with E-state index >= 15 is 0 Å². The molecule has 3 aromatic heterocycles. The van der Waals surface area contributed by atoms with Gasteiger partial charge >= 0.3 is 0 Å². The lowest BCUT2D eigenvalue weighted by Gasteiger charge is -2.31. The Bertz CT molecular complexity index is 1270. The second kappa shape index (κ2) is 9.06. The van der Waals surface area contributed by atoms with E-state index in [1.807, 2.05) is 32.2 Å². The molecule has 0 radical (unpaired) electrons. The highest BCUT2D eigenvalue weighted by Gasteiger charge is 2.30. The number of fused-ring (bicyclic) bond motifs is 1. The molecule has 1 saturated heterocycles. The molecule has 34 heavy (non-hydrogen) atoms. The van der Waals surface area contributed by atoms with Gasteiger partial charge in [-0.15, -0.1) is 0 Å². The van der Waals surface area contributed by atoms with Crippen LogP contribution < -0.4 is 15.8 Å². The van der Waals surface area contributed by atoms with Crippen LogP contribution in [0.4, 0.5) is 17.5 Å².